The van der Waals surface area contributed by atoms with E-state index in [-0.39, 0.29) is 0 Å². The average molecular weight is 239 g/mol. The van der Waals surface area contributed by atoms with Gasteiger partial charge in [0.2, 0.25) is 0 Å². The van der Waals surface area contributed by atoms with Gasteiger partial charge in [-0.1, -0.05) is 31.4 Å². The van der Waals surface area contributed by atoms with Crippen LogP contribution >= 0.6 is 11.6 Å². The lowest BCUT2D eigenvalue weighted by Crippen LogP contribution is -2.21. The van der Waals surface area contributed by atoms with Crippen molar-refractivity contribution in [1.29, 1.82) is 0 Å². The second-order valence-corrected chi connectivity index (χ2v) is 5.28. The standard InChI is InChI=1S/C13H19ClN2/c1-10-3-2-4-11(7-10)8-16-13-5-6-15-9-12(13)14/h5-6,9-11H,2-4,7-8H2,1H3,(H,15,16). The molecule has 88 valence electrons. The molecule has 0 bridgehead atoms. The van der Waals surface area contributed by atoms with Crippen molar-refractivity contribution in [3.63, 3.8) is 0 Å². The van der Waals surface area contributed by atoms with Gasteiger partial charge in [-0.25, -0.2) is 0 Å². The van der Waals surface area contributed by atoms with Crippen molar-refractivity contribution in [1.82, 2.24) is 4.98 Å². The van der Waals surface area contributed by atoms with Crippen LogP contribution in [0.25, 0.3) is 0 Å². The molecule has 2 atom stereocenters. The Hall–Kier alpha value is -0.760. The van der Waals surface area contributed by atoms with Crippen LogP contribution < -0.4 is 5.32 Å². The van der Waals surface area contributed by atoms with Crippen molar-refractivity contribution in [3.05, 3.63) is 23.5 Å². The van der Waals surface area contributed by atoms with Gasteiger partial charge >= 0.3 is 0 Å². The van der Waals surface area contributed by atoms with E-state index in [2.05, 4.69) is 17.2 Å². The van der Waals surface area contributed by atoms with Crippen LogP contribution in [-0.2, 0) is 0 Å². The zero-order chi connectivity index (χ0) is 11.4. The van der Waals surface area contributed by atoms with Gasteiger partial charge in [0.1, 0.15) is 0 Å². The molecule has 2 nitrogen and oxygen atoms in total. The molecule has 0 spiro atoms. The van der Waals surface area contributed by atoms with Gasteiger partial charge in [-0.3, -0.25) is 4.98 Å². The quantitative estimate of drug-likeness (QED) is 0.862. The van der Waals surface area contributed by atoms with Gasteiger partial charge in [0.05, 0.1) is 10.7 Å². The van der Waals surface area contributed by atoms with Crippen LogP contribution in [0, 0.1) is 11.8 Å². The Kier molecular flexibility index (Phi) is 4.05. The number of rotatable bonds is 3. The van der Waals surface area contributed by atoms with Crippen LogP contribution in [-0.4, -0.2) is 11.5 Å². The lowest BCUT2D eigenvalue weighted by molar-refractivity contribution is 0.293. The summed E-state index contributed by atoms with van der Waals surface area (Å²) < 4.78 is 0. The van der Waals surface area contributed by atoms with Crippen molar-refractivity contribution in [3.8, 4) is 0 Å². The van der Waals surface area contributed by atoms with Gasteiger partial charge in [-0.15, -0.1) is 0 Å². The highest BCUT2D eigenvalue weighted by Crippen LogP contribution is 2.29. The Morgan fingerprint density at radius 3 is 3.12 bits per heavy atom. The van der Waals surface area contributed by atoms with E-state index in [0.717, 1.165) is 24.1 Å². The van der Waals surface area contributed by atoms with Gasteiger partial charge in [-0.05, 0) is 30.7 Å². The Bertz CT molecular complexity index is 340. The zero-order valence-corrected chi connectivity index (χ0v) is 10.5. The number of halogens is 1. The zero-order valence-electron chi connectivity index (χ0n) is 9.75. The largest absolute Gasteiger partial charge is 0.383 e. The third-order valence-electron chi connectivity index (χ3n) is 3.40. The second kappa shape index (κ2) is 5.53. The first-order valence-corrected chi connectivity index (χ1v) is 6.47. The molecule has 0 aromatic carbocycles. The molecule has 1 saturated carbocycles. The van der Waals surface area contributed by atoms with E-state index in [1.807, 2.05) is 6.07 Å². The highest BCUT2D eigenvalue weighted by atomic mass is 35.5. The van der Waals surface area contributed by atoms with Crippen LogP contribution in [0.15, 0.2) is 18.5 Å². The minimum atomic E-state index is 0.714. The highest BCUT2D eigenvalue weighted by molar-refractivity contribution is 6.33. The van der Waals surface area contributed by atoms with E-state index >= 15 is 0 Å². The van der Waals surface area contributed by atoms with Crippen molar-refractivity contribution in [2.24, 2.45) is 11.8 Å². The molecule has 16 heavy (non-hydrogen) atoms. The molecule has 0 radical (unpaired) electrons. The number of anilines is 1. The minimum Gasteiger partial charge on any atom is -0.383 e. The first-order chi connectivity index (χ1) is 7.75. The van der Waals surface area contributed by atoms with Crippen LogP contribution in [0.2, 0.25) is 5.02 Å². The number of hydrogen-bond donors (Lipinski definition) is 1. The van der Waals surface area contributed by atoms with Crippen molar-refractivity contribution >= 4 is 17.3 Å². The Morgan fingerprint density at radius 2 is 2.38 bits per heavy atom. The summed E-state index contributed by atoms with van der Waals surface area (Å²) in [6, 6.07) is 1.94. The Morgan fingerprint density at radius 1 is 1.50 bits per heavy atom. The molecule has 3 heteroatoms. The van der Waals surface area contributed by atoms with Gasteiger partial charge in [0.25, 0.3) is 0 Å². The molecule has 1 N–H and O–H groups in total. The molecule has 0 amide bonds. The summed E-state index contributed by atoms with van der Waals surface area (Å²) in [5, 5.41) is 4.15. The van der Waals surface area contributed by atoms with E-state index in [1.165, 1.54) is 25.7 Å². The number of nitrogens with one attached hydrogen (secondary N) is 1. The van der Waals surface area contributed by atoms with Crippen molar-refractivity contribution in [2.45, 2.75) is 32.6 Å². The van der Waals surface area contributed by atoms with Gasteiger partial charge in [0.15, 0.2) is 0 Å². The third-order valence-corrected chi connectivity index (χ3v) is 3.70. The molecule has 2 rings (SSSR count). The molecule has 1 heterocycles. The summed E-state index contributed by atoms with van der Waals surface area (Å²) in [6.45, 7) is 3.39. The fraction of sp³-hybridized carbons (Fsp3) is 0.615. The van der Waals surface area contributed by atoms with E-state index in [0.29, 0.717) is 5.02 Å². The van der Waals surface area contributed by atoms with Crippen LogP contribution in [0.4, 0.5) is 5.69 Å². The van der Waals surface area contributed by atoms with Crippen LogP contribution in [0.5, 0.6) is 0 Å². The molecule has 1 aromatic heterocycles. The SMILES string of the molecule is CC1CCCC(CNc2ccncc2Cl)C1. The van der Waals surface area contributed by atoms with Gasteiger partial charge < -0.3 is 5.32 Å². The summed E-state index contributed by atoms with van der Waals surface area (Å²) in [5.41, 5.74) is 1.01. The van der Waals surface area contributed by atoms with Crippen molar-refractivity contribution in [2.75, 3.05) is 11.9 Å². The lowest BCUT2D eigenvalue weighted by Gasteiger charge is -2.27. The van der Waals surface area contributed by atoms with E-state index in [4.69, 9.17) is 11.6 Å². The predicted molar refractivity (Wildman–Crippen MR) is 68.9 cm³/mol. The smallest absolute Gasteiger partial charge is 0.0820 e. The molecule has 1 aliphatic rings. The van der Waals surface area contributed by atoms with E-state index in [9.17, 15) is 0 Å². The summed E-state index contributed by atoms with van der Waals surface area (Å²) in [5.74, 6) is 1.68. The molecule has 0 aliphatic heterocycles. The van der Waals surface area contributed by atoms with E-state index in [1.54, 1.807) is 12.4 Å². The van der Waals surface area contributed by atoms with Crippen molar-refractivity contribution < 1.29 is 0 Å². The van der Waals surface area contributed by atoms with Gasteiger partial charge in [0, 0.05) is 18.9 Å². The Balaban J connectivity index is 1.85. The van der Waals surface area contributed by atoms with E-state index < -0.39 is 0 Å². The maximum Gasteiger partial charge on any atom is 0.0820 e. The Labute approximate surface area is 102 Å². The second-order valence-electron chi connectivity index (χ2n) is 4.87. The summed E-state index contributed by atoms with van der Waals surface area (Å²) in [7, 11) is 0. The highest BCUT2D eigenvalue weighted by Gasteiger charge is 2.18. The topological polar surface area (TPSA) is 24.9 Å². The minimum absolute atomic E-state index is 0.714. The third kappa shape index (κ3) is 3.11. The van der Waals surface area contributed by atoms with Crippen LogP contribution in [0.3, 0.4) is 0 Å². The number of nitrogens with zero attached hydrogens (tertiary/aromatic N) is 1. The molecule has 1 aromatic rings. The molecule has 0 saturated heterocycles. The average Bonchev–Trinajstić information content (AvgIpc) is 2.28. The fourth-order valence-electron chi connectivity index (χ4n) is 2.52. The number of aromatic nitrogens is 1. The number of hydrogen-bond acceptors (Lipinski definition) is 2. The summed E-state index contributed by atoms with van der Waals surface area (Å²) in [6.07, 6.45) is 8.92. The first kappa shape index (κ1) is 11.7. The lowest BCUT2D eigenvalue weighted by atomic mass is 9.82. The maximum atomic E-state index is 6.05. The monoisotopic (exact) mass is 238 g/mol. The molecular weight excluding hydrogens is 220 g/mol. The molecule has 2 unspecified atom stereocenters. The summed E-state index contributed by atoms with van der Waals surface area (Å²) >= 11 is 6.05. The molecular formula is C13H19ClN2. The van der Waals surface area contributed by atoms with Gasteiger partial charge in [-0.2, -0.15) is 0 Å². The maximum absolute atomic E-state index is 6.05. The fourth-order valence-corrected chi connectivity index (χ4v) is 2.70. The van der Waals surface area contributed by atoms with Crippen LogP contribution in [0.1, 0.15) is 32.6 Å². The summed E-state index contributed by atoms with van der Waals surface area (Å²) in [4.78, 5) is 3.98. The molecule has 1 fully saturated rings. The first-order valence-electron chi connectivity index (χ1n) is 6.09. The normalized spacial score (nSPS) is 25.4. The predicted octanol–water partition coefficient (Wildman–Crippen LogP) is 3.97. The molecule has 1 aliphatic carbocycles. The number of pyridine rings is 1.